The highest BCUT2D eigenvalue weighted by atomic mass is 35.5. The highest BCUT2D eigenvalue weighted by molar-refractivity contribution is 6.30. The first-order chi connectivity index (χ1) is 13.9. The fourth-order valence-corrected chi connectivity index (χ4v) is 2.70. The second-order valence-electron chi connectivity index (χ2n) is 6.10. The molecule has 0 radical (unpaired) electrons. The van der Waals surface area contributed by atoms with Crippen molar-refractivity contribution < 1.29 is 14.3 Å². The Morgan fingerprint density at radius 1 is 0.931 bits per heavy atom. The minimum Gasteiger partial charge on any atom is -0.481 e. The number of pyridine rings is 1. The van der Waals surface area contributed by atoms with Crippen LogP contribution in [0.15, 0.2) is 66.9 Å². The minimum atomic E-state index is -0.732. The third-order valence-corrected chi connectivity index (χ3v) is 4.35. The van der Waals surface area contributed by atoms with Gasteiger partial charge in [0.05, 0.1) is 0 Å². The lowest BCUT2D eigenvalue weighted by Gasteiger charge is -2.15. The normalized spacial score (nSPS) is 11.4. The molecule has 0 aliphatic rings. The van der Waals surface area contributed by atoms with Gasteiger partial charge in [-0.25, -0.2) is 4.98 Å². The van der Waals surface area contributed by atoms with Gasteiger partial charge in [0.2, 0.25) is 0 Å². The van der Waals surface area contributed by atoms with E-state index in [4.69, 9.17) is 27.9 Å². The molecule has 2 amide bonds. The molecule has 3 rings (SSSR count). The number of carbonyl (C=O) groups is 2. The average molecular weight is 430 g/mol. The van der Waals surface area contributed by atoms with Gasteiger partial charge in [0.1, 0.15) is 10.9 Å². The van der Waals surface area contributed by atoms with E-state index in [9.17, 15) is 9.59 Å². The van der Waals surface area contributed by atoms with Gasteiger partial charge in [-0.2, -0.15) is 0 Å². The predicted octanol–water partition coefficient (Wildman–Crippen LogP) is 5.05. The summed E-state index contributed by atoms with van der Waals surface area (Å²) in [6.45, 7) is 1.64. The van der Waals surface area contributed by atoms with E-state index in [1.807, 2.05) is 0 Å². The molecule has 1 aromatic heterocycles. The molecule has 0 spiro atoms. The molecule has 29 heavy (non-hydrogen) atoms. The van der Waals surface area contributed by atoms with Gasteiger partial charge in [0, 0.05) is 28.2 Å². The number of nitrogens with zero attached hydrogens (tertiary/aromatic N) is 1. The minimum absolute atomic E-state index is 0.289. The quantitative estimate of drug-likeness (QED) is 0.537. The van der Waals surface area contributed by atoms with Crippen LogP contribution in [0.25, 0.3) is 0 Å². The van der Waals surface area contributed by atoms with Crippen LogP contribution in [0.4, 0.5) is 11.4 Å². The maximum absolute atomic E-state index is 12.3. The molecule has 1 heterocycles. The van der Waals surface area contributed by atoms with Crippen molar-refractivity contribution in [1.29, 1.82) is 0 Å². The number of amides is 2. The summed E-state index contributed by atoms with van der Waals surface area (Å²) in [5.74, 6) is -0.136. The van der Waals surface area contributed by atoms with Gasteiger partial charge in [0.15, 0.2) is 6.10 Å². The smallest absolute Gasteiger partial charge is 0.265 e. The zero-order valence-electron chi connectivity index (χ0n) is 15.4. The van der Waals surface area contributed by atoms with Crippen molar-refractivity contribution >= 4 is 46.4 Å². The summed E-state index contributed by atoms with van der Waals surface area (Å²) in [6, 6.07) is 16.4. The van der Waals surface area contributed by atoms with Crippen LogP contribution in [0.2, 0.25) is 10.2 Å². The standard InChI is InChI=1S/C21H17Cl2N3O3/c1-13(20(27)25-16-6-4-15(22)5-7-16)29-18-8-2-14(3-9-18)21(28)26-17-10-11-24-19(23)12-17/h2-13H,1H3,(H,25,27)(H,24,26,28). The highest BCUT2D eigenvalue weighted by Crippen LogP contribution is 2.18. The number of nitrogens with one attached hydrogen (secondary N) is 2. The van der Waals surface area contributed by atoms with Crippen molar-refractivity contribution in [2.45, 2.75) is 13.0 Å². The predicted molar refractivity (Wildman–Crippen MR) is 114 cm³/mol. The Morgan fingerprint density at radius 2 is 1.62 bits per heavy atom. The van der Waals surface area contributed by atoms with Crippen LogP contribution in [-0.2, 0) is 4.79 Å². The molecule has 0 fully saturated rings. The first-order valence-corrected chi connectivity index (χ1v) is 9.42. The molecule has 1 unspecified atom stereocenters. The molecule has 0 aliphatic carbocycles. The van der Waals surface area contributed by atoms with E-state index in [0.29, 0.717) is 27.7 Å². The summed E-state index contributed by atoms with van der Waals surface area (Å²) in [5.41, 5.74) is 1.60. The van der Waals surface area contributed by atoms with Crippen LogP contribution in [0.3, 0.4) is 0 Å². The molecular formula is C21H17Cl2N3O3. The Morgan fingerprint density at radius 3 is 2.28 bits per heavy atom. The topological polar surface area (TPSA) is 80.3 Å². The van der Waals surface area contributed by atoms with Crippen LogP contribution >= 0.6 is 23.2 Å². The van der Waals surface area contributed by atoms with E-state index in [1.165, 1.54) is 6.20 Å². The summed E-state index contributed by atoms with van der Waals surface area (Å²) in [5, 5.41) is 6.35. The Hall–Kier alpha value is -3.09. The summed E-state index contributed by atoms with van der Waals surface area (Å²) < 4.78 is 5.65. The van der Waals surface area contributed by atoms with E-state index in [2.05, 4.69) is 15.6 Å². The molecule has 3 aromatic rings. The van der Waals surface area contributed by atoms with E-state index >= 15 is 0 Å². The second kappa shape index (κ2) is 9.41. The van der Waals surface area contributed by atoms with Crippen molar-refractivity contribution in [1.82, 2.24) is 4.98 Å². The van der Waals surface area contributed by atoms with Gasteiger partial charge in [-0.05, 0) is 67.6 Å². The monoisotopic (exact) mass is 429 g/mol. The number of anilines is 2. The number of benzene rings is 2. The first kappa shape index (κ1) is 20.6. The number of hydrogen-bond acceptors (Lipinski definition) is 4. The second-order valence-corrected chi connectivity index (χ2v) is 6.93. The Balaban J connectivity index is 1.57. The largest absolute Gasteiger partial charge is 0.481 e. The molecule has 0 bridgehead atoms. The number of halogens is 2. The summed E-state index contributed by atoms with van der Waals surface area (Å²) in [4.78, 5) is 28.4. The van der Waals surface area contributed by atoms with Crippen LogP contribution in [0, 0.1) is 0 Å². The van der Waals surface area contributed by atoms with Crippen LogP contribution in [0.5, 0.6) is 5.75 Å². The maximum Gasteiger partial charge on any atom is 0.265 e. The Bertz CT molecular complexity index is 1010. The SMILES string of the molecule is CC(Oc1ccc(C(=O)Nc2ccnc(Cl)c2)cc1)C(=O)Nc1ccc(Cl)cc1. The van der Waals surface area contributed by atoms with E-state index in [1.54, 1.807) is 67.6 Å². The van der Waals surface area contributed by atoms with Gasteiger partial charge in [-0.15, -0.1) is 0 Å². The van der Waals surface area contributed by atoms with Crippen molar-refractivity contribution in [2.24, 2.45) is 0 Å². The van der Waals surface area contributed by atoms with Gasteiger partial charge in [-0.3, -0.25) is 9.59 Å². The fraction of sp³-hybridized carbons (Fsp3) is 0.0952. The molecule has 2 N–H and O–H groups in total. The highest BCUT2D eigenvalue weighted by Gasteiger charge is 2.15. The molecule has 0 saturated carbocycles. The molecule has 8 heteroatoms. The van der Waals surface area contributed by atoms with Gasteiger partial charge >= 0.3 is 0 Å². The third kappa shape index (κ3) is 5.94. The lowest BCUT2D eigenvalue weighted by Crippen LogP contribution is -2.30. The molecule has 0 saturated heterocycles. The summed E-state index contributed by atoms with van der Waals surface area (Å²) >= 11 is 11.6. The van der Waals surface area contributed by atoms with Gasteiger partial charge in [0.25, 0.3) is 11.8 Å². The maximum atomic E-state index is 12.3. The van der Waals surface area contributed by atoms with Gasteiger partial charge < -0.3 is 15.4 Å². The molecule has 1 atom stereocenters. The number of carbonyl (C=O) groups excluding carboxylic acids is 2. The van der Waals surface area contributed by atoms with E-state index in [0.717, 1.165) is 0 Å². The van der Waals surface area contributed by atoms with Crippen LogP contribution in [0.1, 0.15) is 17.3 Å². The molecule has 6 nitrogen and oxygen atoms in total. The number of rotatable bonds is 6. The van der Waals surface area contributed by atoms with Crippen molar-refractivity contribution in [3.05, 3.63) is 82.6 Å². The van der Waals surface area contributed by atoms with Crippen molar-refractivity contribution in [2.75, 3.05) is 10.6 Å². The van der Waals surface area contributed by atoms with Crippen molar-refractivity contribution in [3.63, 3.8) is 0 Å². The molecule has 148 valence electrons. The number of aromatic nitrogens is 1. The zero-order chi connectivity index (χ0) is 20.8. The lowest BCUT2D eigenvalue weighted by molar-refractivity contribution is -0.122. The van der Waals surface area contributed by atoms with Gasteiger partial charge in [-0.1, -0.05) is 23.2 Å². The summed E-state index contributed by atoms with van der Waals surface area (Å²) in [7, 11) is 0. The fourth-order valence-electron chi connectivity index (χ4n) is 2.40. The lowest BCUT2D eigenvalue weighted by atomic mass is 10.2. The van der Waals surface area contributed by atoms with E-state index < -0.39 is 6.10 Å². The first-order valence-electron chi connectivity index (χ1n) is 8.67. The van der Waals surface area contributed by atoms with Crippen LogP contribution in [-0.4, -0.2) is 22.9 Å². The third-order valence-electron chi connectivity index (χ3n) is 3.89. The summed E-state index contributed by atoms with van der Waals surface area (Å²) in [6.07, 6.45) is 0.773. The number of hydrogen-bond donors (Lipinski definition) is 2. The van der Waals surface area contributed by atoms with Crippen LogP contribution < -0.4 is 15.4 Å². The van der Waals surface area contributed by atoms with Crippen molar-refractivity contribution in [3.8, 4) is 5.75 Å². The Kier molecular flexibility index (Phi) is 6.69. The molecule has 2 aromatic carbocycles. The van der Waals surface area contributed by atoms with E-state index in [-0.39, 0.29) is 17.0 Å². The Labute approximate surface area is 177 Å². The molecular weight excluding hydrogens is 413 g/mol. The molecule has 0 aliphatic heterocycles. The zero-order valence-corrected chi connectivity index (χ0v) is 16.9. The number of ether oxygens (including phenoxy) is 1. The average Bonchev–Trinajstić information content (AvgIpc) is 2.70.